The van der Waals surface area contributed by atoms with E-state index in [1.54, 1.807) is 17.3 Å². The van der Waals surface area contributed by atoms with Crippen LogP contribution in [0.1, 0.15) is 57.5 Å². The summed E-state index contributed by atoms with van der Waals surface area (Å²) in [7, 11) is 1.84. The Morgan fingerprint density at radius 2 is 1.88 bits per heavy atom. The van der Waals surface area contributed by atoms with E-state index in [9.17, 15) is 4.79 Å². The van der Waals surface area contributed by atoms with Crippen molar-refractivity contribution in [3.05, 3.63) is 47.5 Å². The Balaban J connectivity index is 2.14. The molecule has 0 aromatic carbocycles. The second-order valence-corrected chi connectivity index (χ2v) is 7.72. The number of pyridine rings is 1. The average molecular weight is 328 g/mol. The van der Waals surface area contributed by atoms with Gasteiger partial charge in [-0.2, -0.15) is 5.10 Å². The quantitative estimate of drug-likeness (QED) is 0.914. The summed E-state index contributed by atoms with van der Waals surface area (Å²) in [5, 5.41) is 7.42. The fourth-order valence-corrected chi connectivity index (χ4v) is 2.78. The number of H-pyrrole nitrogens is 1. The second kappa shape index (κ2) is 7.16. The number of nitrogens with zero attached hydrogens (tertiary/aromatic N) is 3. The van der Waals surface area contributed by atoms with Gasteiger partial charge in [-0.05, 0) is 29.7 Å². The number of carbonyl (C=O) groups is 1. The Hall–Kier alpha value is -2.17. The van der Waals surface area contributed by atoms with E-state index in [4.69, 9.17) is 0 Å². The van der Waals surface area contributed by atoms with Crippen molar-refractivity contribution >= 4 is 5.91 Å². The molecule has 0 aliphatic rings. The molecule has 2 rings (SSSR count). The van der Waals surface area contributed by atoms with Crippen LogP contribution in [-0.4, -0.2) is 33.0 Å². The first kappa shape index (κ1) is 18.2. The van der Waals surface area contributed by atoms with Gasteiger partial charge in [0.15, 0.2) is 0 Å². The van der Waals surface area contributed by atoms with Crippen molar-refractivity contribution in [1.29, 1.82) is 0 Å². The molecule has 130 valence electrons. The Morgan fingerprint density at radius 3 is 2.38 bits per heavy atom. The molecule has 0 aliphatic carbocycles. The van der Waals surface area contributed by atoms with Gasteiger partial charge in [-0.3, -0.25) is 14.9 Å². The van der Waals surface area contributed by atoms with Crippen LogP contribution >= 0.6 is 0 Å². The maximum Gasteiger partial charge on any atom is 0.230 e. The highest BCUT2D eigenvalue weighted by Gasteiger charge is 2.27. The zero-order valence-electron chi connectivity index (χ0n) is 15.5. The van der Waals surface area contributed by atoms with E-state index in [1.165, 1.54) is 0 Å². The minimum absolute atomic E-state index is 0.00512. The maximum atomic E-state index is 13.0. The standard InChI is InChI=1S/C19H28N4O/c1-13(2)17(14-7-9-20-10-8-14)18(24)23(6)12-15-11-16(22-21-15)19(3,4)5/h7-11,13,17H,12H2,1-6H3,(H,21,22). The van der Waals surface area contributed by atoms with Crippen molar-refractivity contribution in [2.75, 3.05) is 7.05 Å². The van der Waals surface area contributed by atoms with Crippen molar-refractivity contribution < 1.29 is 4.79 Å². The van der Waals surface area contributed by atoms with Crippen molar-refractivity contribution in [3.8, 4) is 0 Å². The molecule has 0 saturated heterocycles. The first-order valence-corrected chi connectivity index (χ1v) is 8.40. The lowest BCUT2D eigenvalue weighted by Gasteiger charge is -2.26. The number of hydrogen-bond donors (Lipinski definition) is 1. The van der Waals surface area contributed by atoms with Gasteiger partial charge in [0.25, 0.3) is 0 Å². The van der Waals surface area contributed by atoms with Crippen molar-refractivity contribution in [2.24, 2.45) is 5.92 Å². The molecule has 2 heterocycles. The highest BCUT2D eigenvalue weighted by atomic mass is 16.2. The third-order valence-corrected chi connectivity index (χ3v) is 4.18. The predicted octanol–water partition coefficient (Wildman–Crippen LogP) is 3.50. The number of likely N-dealkylation sites (N-methyl/N-ethyl adjacent to an activating group) is 1. The molecule has 24 heavy (non-hydrogen) atoms. The van der Waals surface area contributed by atoms with Crippen LogP contribution in [0, 0.1) is 5.92 Å². The molecule has 0 aliphatic heterocycles. The number of carbonyl (C=O) groups excluding carboxylic acids is 1. The number of rotatable bonds is 5. The highest BCUT2D eigenvalue weighted by molar-refractivity contribution is 5.83. The zero-order valence-corrected chi connectivity index (χ0v) is 15.5. The van der Waals surface area contributed by atoms with Gasteiger partial charge in [-0.25, -0.2) is 0 Å². The molecule has 0 bridgehead atoms. The van der Waals surface area contributed by atoms with E-state index < -0.39 is 0 Å². The molecule has 1 unspecified atom stereocenters. The molecule has 5 nitrogen and oxygen atoms in total. The van der Waals surface area contributed by atoms with Gasteiger partial charge in [-0.1, -0.05) is 34.6 Å². The van der Waals surface area contributed by atoms with E-state index in [-0.39, 0.29) is 23.2 Å². The van der Waals surface area contributed by atoms with Crippen molar-refractivity contribution in [2.45, 2.75) is 52.5 Å². The van der Waals surface area contributed by atoms with Gasteiger partial charge in [0.1, 0.15) is 0 Å². The third-order valence-electron chi connectivity index (χ3n) is 4.18. The summed E-state index contributed by atoms with van der Waals surface area (Å²) in [4.78, 5) is 18.8. The third kappa shape index (κ3) is 4.22. The molecule has 1 amide bonds. The van der Waals surface area contributed by atoms with Crippen LogP contribution in [0.5, 0.6) is 0 Å². The SMILES string of the molecule is CC(C)C(C(=O)N(C)Cc1cc(C(C)(C)C)n[nH]1)c1ccncc1. The minimum Gasteiger partial charge on any atom is -0.339 e. The summed E-state index contributed by atoms with van der Waals surface area (Å²) in [6.45, 7) is 11.0. The van der Waals surface area contributed by atoms with Gasteiger partial charge < -0.3 is 4.90 Å². The number of aromatic nitrogens is 3. The lowest BCUT2D eigenvalue weighted by molar-refractivity contribution is -0.133. The molecule has 1 atom stereocenters. The summed E-state index contributed by atoms with van der Waals surface area (Å²) in [5.41, 5.74) is 2.97. The first-order valence-electron chi connectivity index (χ1n) is 8.40. The van der Waals surface area contributed by atoms with Crippen molar-refractivity contribution in [3.63, 3.8) is 0 Å². The van der Waals surface area contributed by atoms with Gasteiger partial charge in [0.05, 0.1) is 23.9 Å². The normalized spacial score (nSPS) is 13.1. The topological polar surface area (TPSA) is 61.9 Å². The highest BCUT2D eigenvalue weighted by Crippen LogP contribution is 2.27. The average Bonchev–Trinajstić information content (AvgIpc) is 2.96. The number of hydrogen-bond acceptors (Lipinski definition) is 3. The monoisotopic (exact) mass is 328 g/mol. The fourth-order valence-electron chi connectivity index (χ4n) is 2.78. The molecule has 0 fully saturated rings. The van der Waals surface area contributed by atoms with E-state index in [0.717, 1.165) is 17.0 Å². The van der Waals surface area contributed by atoms with Gasteiger partial charge in [0, 0.05) is 24.9 Å². The molecular weight excluding hydrogens is 300 g/mol. The van der Waals surface area contributed by atoms with Crippen LogP contribution in [0.3, 0.4) is 0 Å². The Morgan fingerprint density at radius 1 is 1.25 bits per heavy atom. The molecule has 1 N–H and O–H groups in total. The molecule has 0 radical (unpaired) electrons. The first-order chi connectivity index (χ1) is 11.2. The molecular formula is C19H28N4O. The van der Waals surface area contributed by atoms with E-state index in [0.29, 0.717) is 6.54 Å². The van der Waals surface area contributed by atoms with Crippen LogP contribution in [0.2, 0.25) is 0 Å². The fraction of sp³-hybridized carbons (Fsp3) is 0.526. The van der Waals surface area contributed by atoms with Crippen LogP contribution in [0.15, 0.2) is 30.6 Å². The lowest BCUT2D eigenvalue weighted by atomic mass is 9.88. The van der Waals surface area contributed by atoms with Crippen LogP contribution < -0.4 is 0 Å². The molecule has 0 spiro atoms. The Labute approximate surface area is 144 Å². The number of aromatic amines is 1. The molecule has 2 aromatic heterocycles. The van der Waals surface area contributed by atoms with Crippen LogP contribution in [-0.2, 0) is 16.8 Å². The second-order valence-electron chi connectivity index (χ2n) is 7.72. The van der Waals surface area contributed by atoms with Crippen molar-refractivity contribution in [1.82, 2.24) is 20.1 Å². The summed E-state index contributed by atoms with van der Waals surface area (Å²) in [5.74, 6) is 0.167. The van der Waals surface area contributed by atoms with Crippen LogP contribution in [0.25, 0.3) is 0 Å². The predicted molar refractivity (Wildman–Crippen MR) is 95.6 cm³/mol. The summed E-state index contributed by atoms with van der Waals surface area (Å²) >= 11 is 0. The van der Waals surface area contributed by atoms with E-state index in [2.05, 4.69) is 49.8 Å². The summed E-state index contributed by atoms with van der Waals surface area (Å²) < 4.78 is 0. The Kier molecular flexibility index (Phi) is 5.42. The molecule has 5 heteroatoms. The van der Waals surface area contributed by atoms with E-state index in [1.807, 2.05) is 25.2 Å². The van der Waals surface area contributed by atoms with Gasteiger partial charge in [-0.15, -0.1) is 0 Å². The van der Waals surface area contributed by atoms with Gasteiger partial charge >= 0.3 is 0 Å². The largest absolute Gasteiger partial charge is 0.339 e. The molecule has 2 aromatic rings. The summed E-state index contributed by atoms with van der Waals surface area (Å²) in [6, 6.07) is 5.88. The minimum atomic E-state index is -0.164. The smallest absolute Gasteiger partial charge is 0.230 e. The lowest BCUT2D eigenvalue weighted by Crippen LogP contribution is -2.33. The Bertz CT molecular complexity index is 670. The zero-order chi connectivity index (χ0) is 17.9. The molecule has 0 saturated carbocycles. The van der Waals surface area contributed by atoms with E-state index >= 15 is 0 Å². The van der Waals surface area contributed by atoms with Gasteiger partial charge in [0.2, 0.25) is 5.91 Å². The summed E-state index contributed by atoms with van der Waals surface area (Å²) in [6.07, 6.45) is 3.48. The maximum absolute atomic E-state index is 13.0. The number of nitrogens with one attached hydrogen (secondary N) is 1. The number of amides is 1. The van der Waals surface area contributed by atoms with Crippen LogP contribution in [0.4, 0.5) is 0 Å².